The third-order valence-corrected chi connectivity index (χ3v) is 7.13. The second-order valence-corrected chi connectivity index (χ2v) is 9.63. The molecule has 1 aromatic carbocycles. The molecule has 3 aromatic heterocycles. The van der Waals surface area contributed by atoms with Gasteiger partial charge in [0.15, 0.2) is 0 Å². The van der Waals surface area contributed by atoms with Gasteiger partial charge >= 0.3 is 0 Å². The lowest BCUT2D eigenvalue weighted by Crippen LogP contribution is -2.62. The van der Waals surface area contributed by atoms with Crippen molar-refractivity contribution in [2.75, 3.05) is 38.7 Å². The Morgan fingerprint density at radius 1 is 1.28 bits per heavy atom. The summed E-state index contributed by atoms with van der Waals surface area (Å²) in [6, 6.07) is 6.98. The largest absolute Gasteiger partial charge is 0.479 e. The van der Waals surface area contributed by atoms with Gasteiger partial charge in [-0.2, -0.15) is 4.98 Å². The Bertz CT molecular complexity index is 1500. The first-order chi connectivity index (χ1) is 18.6. The van der Waals surface area contributed by atoms with Crippen molar-refractivity contribution in [2.45, 2.75) is 44.3 Å². The Morgan fingerprint density at radius 2 is 2.11 bits per heavy atom. The second-order valence-electron chi connectivity index (χ2n) is 9.63. The summed E-state index contributed by atoms with van der Waals surface area (Å²) < 4.78 is 62.5. The maximum absolute atomic E-state index is 13.0. The van der Waals surface area contributed by atoms with E-state index in [0.717, 1.165) is 43.8 Å². The van der Waals surface area contributed by atoms with Crippen molar-refractivity contribution in [1.82, 2.24) is 34.5 Å². The molecule has 0 spiro atoms. The molecule has 2 saturated heterocycles. The summed E-state index contributed by atoms with van der Waals surface area (Å²) in [5.74, 6) is 0.151. The molecule has 2 aliphatic heterocycles. The molecule has 0 saturated carbocycles. The highest BCUT2D eigenvalue weighted by Gasteiger charge is 2.40. The molecule has 0 radical (unpaired) electrons. The highest BCUT2D eigenvalue weighted by Crippen LogP contribution is 2.33. The number of halogens is 2. The van der Waals surface area contributed by atoms with Crippen LogP contribution in [0.25, 0.3) is 27.7 Å². The number of rotatable bonds is 7. The van der Waals surface area contributed by atoms with Gasteiger partial charge < -0.3 is 14.8 Å². The lowest BCUT2D eigenvalue weighted by atomic mass is 9.93. The summed E-state index contributed by atoms with van der Waals surface area (Å²) in [6.07, 6.45) is 0.853. The molecule has 10 nitrogen and oxygen atoms in total. The fourth-order valence-corrected chi connectivity index (χ4v) is 5.08. The van der Waals surface area contributed by atoms with E-state index in [-0.39, 0.29) is 23.4 Å². The maximum atomic E-state index is 13.0. The van der Waals surface area contributed by atoms with Gasteiger partial charge in [-0.3, -0.25) is 4.90 Å². The molecule has 0 bridgehead atoms. The summed E-state index contributed by atoms with van der Waals surface area (Å²) >= 11 is 0. The van der Waals surface area contributed by atoms with E-state index in [1.165, 1.54) is 4.52 Å². The zero-order chi connectivity index (χ0) is 27.4. The van der Waals surface area contributed by atoms with Gasteiger partial charge in [0, 0.05) is 30.9 Å². The predicted octanol–water partition coefficient (Wildman–Crippen LogP) is 3.08. The van der Waals surface area contributed by atoms with E-state index in [1.54, 1.807) is 30.5 Å². The summed E-state index contributed by atoms with van der Waals surface area (Å²) in [6.45, 7) is 4.93. The fourth-order valence-electron chi connectivity index (χ4n) is 5.08. The lowest BCUT2D eigenvalue weighted by Gasteiger charge is -2.49. The van der Waals surface area contributed by atoms with Crippen molar-refractivity contribution in [3.63, 3.8) is 0 Å². The number of alkyl halides is 2. The molecule has 12 heteroatoms. The Labute approximate surface area is 210 Å². The monoisotopic (exact) mass is 501 g/mol. The van der Waals surface area contributed by atoms with Crippen LogP contribution in [0.15, 0.2) is 30.5 Å². The molecule has 0 amide bonds. The summed E-state index contributed by atoms with van der Waals surface area (Å²) in [7, 11) is -2.75. The molecule has 0 atom stereocenters. The number of likely N-dealkylation sites (tertiary alicyclic amines) is 1. The topological polar surface area (TPSA) is 94.6 Å². The molecule has 6 rings (SSSR count). The van der Waals surface area contributed by atoms with Gasteiger partial charge in [-0.15, -0.1) is 10.2 Å². The highest BCUT2D eigenvalue weighted by molar-refractivity contribution is 5.89. The number of aromatic nitrogens is 6. The van der Waals surface area contributed by atoms with E-state index in [1.807, 2.05) is 0 Å². The van der Waals surface area contributed by atoms with Gasteiger partial charge in [0.05, 0.1) is 35.4 Å². The number of anilines is 1. The van der Waals surface area contributed by atoms with E-state index in [4.69, 9.17) is 13.6 Å². The molecule has 4 aromatic rings. The van der Waals surface area contributed by atoms with Gasteiger partial charge in [0.1, 0.15) is 17.6 Å². The minimum absolute atomic E-state index is 0.0961. The fraction of sp³-hybridized carbons (Fsp3) is 0.500. The Kier molecular flexibility index (Phi) is 4.90. The maximum Gasteiger partial charge on any atom is 0.258 e. The van der Waals surface area contributed by atoms with Crippen LogP contribution in [0.5, 0.6) is 5.88 Å². The molecule has 2 fully saturated rings. The SMILES string of the molecule is [2H]C([2H])([2H])Oc1nc(NC2CCN(C3(C)COC3)CC2)nn2ccc(-c3ccc4nnn(CC(F)F)c4c3)c12. The van der Waals surface area contributed by atoms with Crippen LogP contribution in [0, 0.1) is 0 Å². The van der Waals surface area contributed by atoms with E-state index in [0.29, 0.717) is 27.7 Å². The van der Waals surface area contributed by atoms with E-state index >= 15 is 0 Å². The highest BCUT2D eigenvalue weighted by atomic mass is 19.3. The molecule has 5 heterocycles. The molecule has 190 valence electrons. The number of nitrogens with one attached hydrogen (secondary N) is 1. The Hall–Kier alpha value is -3.38. The van der Waals surface area contributed by atoms with Gasteiger partial charge in [0.2, 0.25) is 11.8 Å². The number of piperidine rings is 1. The molecular weight excluding hydrogens is 470 g/mol. The Morgan fingerprint density at radius 3 is 2.83 bits per heavy atom. The summed E-state index contributed by atoms with van der Waals surface area (Å²) in [5.41, 5.74) is 2.54. The van der Waals surface area contributed by atoms with Gasteiger partial charge in [0.25, 0.3) is 6.43 Å². The molecule has 0 unspecified atom stereocenters. The number of hydrogen-bond acceptors (Lipinski definition) is 8. The average molecular weight is 502 g/mol. The number of fused-ring (bicyclic) bond motifs is 2. The quantitative estimate of drug-likeness (QED) is 0.413. The number of nitrogens with zero attached hydrogens (tertiary/aromatic N) is 7. The van der Waals surface area contributed by atoms with Crippen molar-refractivity contribution in [3.05, 3.63) is 30.5 Å². The third kappa shape index (κ3) is 4.03. The van der Waals surface area contributed by atoms with Crippen LogP contribution in [0.1, 0.15) is 23.9 Å². The minimum Gasteiger partial charge on any atom is -0.479 e. The molecule has 1 N–H and O–H groups in total. The zero-order valence-corrected chi connectivity index (χ0v) is 19.7. The molecule has 36 heavy (non-hydrogen) atoms. The smallest absolute Gasteiger partial charge is 0.258 e. The van der Waals surface area contributed by atoms with Gasteiger partial charge in [-0.25, -0.2) is 18.0 Å². The van der Waals surface area contributed by atoms with Crippen LogP contribution in [0.4, 0.5) is 14.7 Å². The van der Waals surface area contributed by atoms with Crippen molar-refractivity contribution in [1.29, 1.82) is 0 Å². The number of hydrogen-bond donors (Lipinski definition) is 1. The predicted molar refractivity (Wildman–Crippen MR) is 130 cm³/mol. The van der Waals surface area contributed by atoms with Crippen LogP contribution in [-0.4, -0.2) is 85.8 Å². The van der Waals surface area contributed by atoms with Gasteiger partial charge in [-0.05, 0) is 43.5 Å². The summed E-state index contributed by atoms with van der Waals surface area (Å²) in [4.78, 5) is 6.90. The lowest BCUT2D eigenvalue weighted by molar-refractivity contribution is -0.135. The average Bonchev–Trinajstić information content (AvgIpc) is 3.46. The molecule has 2 aliphatic rings. The van der Waals surface area contributed by atoms with Crippen molar-refractivity contribution < 1.29 is 22.4 Å². The van der Waals surface area contributed by atoms with Crippen LogP contribution in [0.2, 0.25) is 0 Å². The third-order valence-electron chi connectivity index (χ3n) is 7.13. The number of benzene rings is 1. The number of ether oxygens (including phenoxy) is 2. The minimum atomic E-state index is -2.75. The standard InChI is InChI=1S/C24H28F2N8O2/c1-24(13-36-14-24)32-8-5-16(6-9-32)27-23-28-22(35-2)21-17(7-10-33(21)30-23)15-3-4-18-19(11-15)34(31-29-18)12-20(25)26/h3-4,7,10-11,16,20H,5-6,8-9,12-14H2,1-2H3,(H,27,30)/i2D3. The van der Waals surface area contributed by atoms with Crippen molar-refractivity contribution in [2.24, 2.45) is 0 Å². The normalized spacial score (nSPS) is 20.3. The first-order valence-electron chi connectivity index (χ1n) is 13.4. The van der Waals surface area contributed by atoms with E-state index in [9.17, 15) is 8.78 Å². The van der Waals surface area contributed by atoms with E-state index in [2.05, 4.69) is 37.5 Å². The van der Waals surface area contributed by atoms with Gasteiger partial charge in [-0.1, -0.05) is 11.3 Å². The number of methoxy groups -OCH3 is 1. The van der Waals surface area contributed by atoms with Crippen LogP contribution in [-0.2, 0) is 11.3 Å². The van der Waals surface area contributed by atoms with Crippen LogP contribution < -0.4 is 10.1 Å². The van der Waals surface area contributed by atoms with E-state index < -0.39 is 20.0 Å². The van der Waals surface area contributed by atoms with Crippen LogP contribution in [0.3, 0.4) is 0 Å². The first-order valence-corrected chi connectivity index (χ1v) is 11.9. The zero-order valence-electron chi connectivity index (χ0n) is 22.7. The van der Waals surface area contributed by atoms with Crippen molar-refractivity contribution >= 4 is 22.5 Å². The van der Waals surface area contributed by atoms with Crippen molar-refractivity contribution in [3.8, 4) is 17.0 Å². The Balaban J connectivity index is 1.31. The molecule has 0 aliphatic carbocycles. The second kappa shape index (κ2) is 8.93. The molecular formula is C24H28F2N8O2. The first kappa shape index (κ1) is 19.8. The van der Waals surface area contributed by atoms with Crippen LogP contribution >= 0.6 is 0 Å². The summed E-state index contributed by atoms with van der Waals surface area (Å²) in [5, 5.41) is 15.7.